The minimum atomic E-state index is -3.68. The number of benzene rings is 2. The van der Waals surface area contributed by atoms with Crippen LogP contribution in [0, 0.1) is 6.92 Å². The molecule has 0 aliphatic carbocycles. The summed E-state index contributed by atoms with van der Waals surface area (Å²) in [5.41, 5.74) is 1.86. The van der Waals surface area contributed by atoms with Crippen LogP contribution in [0.5, 0.6) is 0 Å². The summed E-state index contributed by atoms with van der Waals surface area (Å²) >= 11 is 1.41. The van der Waals surface area contributed by atoms with E-state index in [0.29, 0.717) is 16.6 Å². The predicted octanol–water partition coefficient (Wildman–Crippen LogP) is 3.71. The van der Waals surface area contributed by atoms with E-state index < -0.39 is 9.84 Å². The van der Waals surface area contributed by atoms with E-state index in [-0.39, 0.29) is 16.0 Å². The van der Waals surface area contributed by atoms with Crippen LogP contribution < -0.4 is 0 Å². The van der Waals surface area contributed by atoms with Crippen molar-refractivity contribution in [3.8, 4) is 11.4 Å². The number of epoxide rings is 1. The van der Waals surface area contributed by atoms with Crippen molar-refractivity contribution in [3.63, 3.8) is 0 Å². The Morgan fingerprint density at radius 1 is 1.15 bits per heavy atom. The van der Waals surface area contributed by atoms with Crippen molar-refractivity contribution < 1.29 is 13.2 Å². The first-order valence-electron chi connectivity index (χ1n) is 8.25. The molecule has 2 aromatic carbocycles. The fourth-order valence-electron chi connectivity index (χ4n) is 2.53. The topological polar surface area (TPSA) is 75.3 Å². The SMILES string of the molecule is Cc1ccc(S(=O)(=O)c2[nH]c(-c3ccccc3)nc2SC[C@@H]2CO2)cc1. The third-order valence-corrected chi connectivity index (χ3v) is 7.06. The summed E-state index contributed by atoms with van der Waals surface area (Å²) in [5.74, 6) is 1.24. The maximum atomic E-state index is 13.2. The van der Waals surface area contributed by atoms with Crippen LogP contribution >= 0.6 is 11.8 Å². The Balaban J connectivity index is 1.77. The van der Waals surface area contributed by atoms with Gasteiger partial charge >= 0.3 is 0 Å². The lowest BCUT2D eigenvalue weighted by molar-refractivity contribution is 0.426. The first-order chi connectivity index (χ1) is 12.5. The molecule has 1 aliphatic rings. The second kappa shape index (κ2) is 6.90. The number of aryl methyl sites for hydroxylation is 1. The average molecular weight is 386 g/mol. The zero-order chi connectivity index (χ0) is 18.1. The quantitative estimate of drug-likeness (QED) is 0.516. The normalized spacial score (nSPS) is 16.6. The van der Waals surface area contributed by atoms with Gasteiger partial charge in [-0.1, -0.05) is 48.0 Å². The highest BCUT2D eigenvalue weighted by atomic mass is 32.2. The first kappa shape index (κ1) is 17.3. The lowest BCUT2D eigenvalue weighted by atomic mass is 10.2. The second-order valence-corrected chi connectivity index (χ2v) is 9.06. The van der Waals surface area contributed by atoms with Crippen molar-refractivity contribution in [1.82, 2.24) is 9.97 Å². The number of aromatic nitrogens is 2. The minimum absolute atomic E-state index is 0.144. The van der Waals surface area contributed by atoms with Crippen LogP contribution in [-0.2, 0) is 14.6 Å². The number of H-pyrrole nitrogens is 1. The molecule has 134 valence electrons. The van der Waals surface area contributed by atoms with E-state index in [1.54, 1.807) is 24.3 Å². The van der Waals surface area contributed by atoms with E-state index in [0.717, 1.165) is 17.7 Å². The molecular formula is C19H18N2O3S2. The fourth-order valence-corrected chi connectivity index (χ4v) is 5.14. The van der Waals surface area contributed by atoms with Gasteiger partial charge < -0.3 is 9.72 Å². The molecule has 5 nitrogen and oxygen atoms in total. The highest BCUT2D eigenvalue weighted by Crippen LogP contribution is 2.33. The van der Waals surface area contributed by atoms with Gasteiger partial charge in [0.05, 0.1) is 17.6 Å². The molecular weight excluding hydrogens is 368 g/mol. The lowest BCUT2D eigenvalue weighted by Gasteiger charge is -2.05. The molecule has 1 fully saturated rings. The van der Waals surface area contributed by atoms with Crippen LogP contribution in [0.2, 0.25) is 0 Å². The molecule has 0 saturated carbocycles. The summed E-state index contributed by atoms with van der Waals surface area (Å²) in [6.45, 7) is 2.65. The molecule has 0 spiro atoms. The van der Waals surface area contributed by atoms with E-state index in [1.807, 2.05) is 37.3 Å². The molecule has 4 rings (SSSR count). The number of imidazole rings is 1. The summed E-state index contributed by atoms with van der Waals surface area (Å²) in [6, 6.07) is 16.4. The number of ether oxygens (including phenoxy) is 1. The van der Waals surface area contributed by atoms with Gasteiger partial charge in [0, 0.05) is 11.3 Å². The largest absolute Gasteiger partial charge is 0.372 e. The van der Waals surface area contributed by atoms with Crippen molar-refractivity contribution in [2.45, 2.75) is 28.0 Å². The summed E-state index contributed by atoms with van der Waals surface area (Å²) in [5, 5.41) is 0.630. The standard InChI is InChI=1S/C19H18N2O3S2/c1-13-7-9-16(10-8-13)26(22,23)19-18(25-12-15-11-24-15)20-17(21-19)14-5-3-2-4-6-14/h2-10,15H,11-12H2,1H3,(H,20,21)/t15-/m0/s1. The van der Waals surface area contributed by atoms with Crippen LogP contribution in [0.25, 0.3) is 11.4 Å². The number of thioether (sulfide) groups is 1. The number of nitrogens with zero attached hydrogens (tertiary/aromatic N) is 1. The van der Waals surface area contributed by atoms with Crippen molar-refractivity contribution >= 4 is 21.6 Å². The van der Waals surface area contributed by atoms with Gasteiger partial charge in [0.15, 0.2) is 5.03 Å². The van der Waals surface area contributed by atoms with Crippen molar-refractivity contribution in [2.75, 3.05) is 12.4 Å². The van der Waals surface area contributed by atoms with Crippen molar-refractivity contribution in [1.29, 1.82) is 0 Å². The van der Waals surface area contributed by atoms with E-state index in [4.69, 9.17) is 4.74 Å². The minimum Gasteiger partial charge on any atom is -0.372 e. The predicted molar refractivity (Wildman–Crippen MR) is 101 cm³/mol. The first-order valence-corrected chi connectivity index (χ1v) is 10.7. The molecule has 0 unspecified atom stereocenters. The van der Waals surface area contributed by atoms with Crippen molar-refractivity contribution in [2.24, 2.45) is 0 Å². The number of hydrogen-bond acceptors (Lipinski definition) is 5. The molecule has 0 radical (unpaired) electrons. The van der Waals surface area contributed by atoms with Gasteiger partial charge in [-0.25, -0.2) is 13.4 Å². The molecule has 1 aromatic heterocycles. The van der Waals surface area contributed by atoms with Crippen molar-refractivity contribution in [3.05, 3.63) is 60.2 Å². The molecule has 7 heteroatoms. The molecule has 1 N–H and O–H groups in total. The summed E-state index contributed by atoms with van der Waals surface area (Å²) in [6.07, 6.45) is 0.187. The molecule has 3 aromatic rings. The van der Waals surface area contributed by atoms with Gasteiger partial charge in [-0.3, -0.25) is 0 Å². The van der Waals surface area contributed by atoms with Crippen LogP contribution in [-0.4, -0.2) is 36.8 Å². The Morgan fingerprint density at radius 2 is 1.85 bits per heavy atom. The van der Waals surface area contributed by atoms with Crippen LogP contribution in [0.4, 0.5) is 0 Å². The number of nitrogens with one attached hydrogen (secondary N) is 1. The molecule has 1 aliphatic heterocycles. The summed E-state index contributed by atoms with van der Waals surface area (Å²) in [4.78, 5) is 7.86. The van der Waals surface area contributed by atoms with Gasteiger partial charge in [0.2, 0.25) is 9.84 Å². The van der Waals surface area contributed by atoms with E-state index >= 15 is 0 Å². The van der Waals surface area contributed by atoms with Gasteiger partial charge in [-0.2, -0.15) is 0 Å². The number of aromatic amines is 1. The third-order valence-electron chi connectivity index (χ3n) is 4.10. The fraction of sp³-hybridized carbons (Fsp3) is 0.211. The van der Waals surface area contributed by atoms with E-state index in [2.05, 4.69) is 9.97 Å². The van der Waals surface area contributed by atoms with E-state index in [1.165, 1.54) is 11.8 Å². The lowest BCUT2D eigenvalue weighted by Crippen LogP contribution is -2.04. The zero-order valence-electron chi connectivity index (χ0n) is 14.2. The van der Waals surface area contributed by atoms with Gasteiger partial charge in [0.1, 0.15) is 10.9 Å². The molecule has 26 heavy (non-hydrogen) atoms. The Morgan fingerprint density at radius 3 is 2.50 bits per heavy atom. The maximum Gasteiger partial charge on any atom is 0.224 e. The Kier molecular flexibility index (Phi) is 4.60. The van der Waals surface area contributed by atoms with Gasteiger partial charge in [-0.15, -0.1) is 11.8 Å². The molecule has 0 amide bonds. The van der Waals surface area contributed by atoms with Gasteiger partial charge in [0.25, 0.3) is 0 Å². The third kappa shape index (κ3) is 3.56. The molecule has 0 bridgehead atoms. The highest BCUT2D eigenvalue weighted by molar-refractivity contribution is 8.00. The van der Waals surface area contributed by atoms with Crippen LogP contribution in [0.15, 0.2) is 69.5 Å². The summed E-state index contributed by atoms with van der Waals surface area (Å²) in [7, 11) is -3.68. The Labute approximate surface area is 156 Å². The van der Waals surface area contributed by atoms with Gasteiger partial charge in [-0.05, 0) is 19.1 Å². The molecule has 1 saturated heterocycles. The monoisotopic (exact) mass is 386 g/mol. The number of hydrogen-bond donors (Lipinski definition) is 1. The Hall–Kier alpha value is -2.09. The second-order valence-electron chi connectivity index (χ2n) is 6.17. The molecule has 2 heterocycles. The summed E-state index contributed by atoms with van der Waals surface area (Å²) < 4.78 is 31.5. The van der Waals surface area contributed by atoms with Crippen LogP contribution in [0.1, 0.15) is 5.56 Å². The van der Waals surface area contributed by atoms with E-state index in [9.17, 15) is 8.42 Å². The maximum absolute atomic E-state index is 13.2. The molecule has 1 atom stereocenters. The highest BCUT2D eigenvalue weighted by Gasteiger charge is 2.29. The smallest absolute Gasteiger partial charge is 0.224 e. The average Bonchev–Trinajstić information content (AvgIpc) is 3.38. The van der Waals surface area contributed by atoms with Crippen LogP contribution in [0.3, 0.4) is 0 Å². The Bertz CT molecular complexity index is 1010. The number of sulfone groups is 1. The number of rotatable bonds is 6. The zero-order valence-corrected chi connectivity index (χ0v) is 15.8.